The minimum absolute atomic E-state index is 0.0244. The number of hydrogen-bond acceptors (Lipinski definition) is 2. The molecule has 0 atom stereocenters. The first-order chi connectivity index (χ1) is 8.17. The molecule has 1 fully saturated rings. The molecule has 5 heteroatoms. The summed E-state index contributed by atoms with van der Waals surface area (Å²) in [6, 6.07) is 1.38. The molecule has 1 heterocycles. The number of carbonyl (C=O) groups is 1. The van der Waals surface area contributed by atoms with E-state index in [1.165, 1.54) is 12.3 Å². The first-order valence-corrected chi connectivity index (χ1v) is 6.18. The third-order valence-electron chi connectivity index (χ3n) is 3.21. The van der Waals surface area contributed by atoms with Gasteiger partial charge in [-0.1, -0.05) is 12.8 Å². The highest BCUT2D eigenvalue weighted by molar-refractivity contribution is 6.19. The molecule has 0 bridgehead atoms. The molecular formula is C12H14ClFN2O. The normalized spacial score (nSPS) is 18.0. The highest BCUT2D eigenvalue weighted by atomic mass is 35.5. The first kappa shape index (κ1) is 12.3. The summed E-state index contributed by atoms with van der Waals surface area (Å²) in [6.07, 6.45) is 6.25. The number of nitrogens with one attached hydrogen (secondary N) is 1. The van der Waals surface area contributed by atoms with Gasteiger partial charge in [-0.05, 0) is 18.9 Å². The maximum Gasteiger partial charge on any atom is 0.254 e. The van der Waals surface area contributed by atoms with Crippen LogP contribution in [0.15, 0.2) is 18.5 Å². The molecule has 0 spiro atoms. The number of aromatic nitrogens is 1. The highest BCUT2D eigenvalue weighted by Crippen LogP contribution is 2.31. The zero-order chi connectivity index (χ0) is 12.3. The van der Waals surface area contributed by atoms with Crippen LogP contribution < -0.4 is 5.32 Å². The smallest absolute Gasteiger partial charge is 0.254 e. The summed E-state index contributed by atoms with van der Waals surface area (Å²) in [5.41, 5.74) is -0.342. The van der Waals surface area contributed by atoms with E-state index in [9.17, 15) is 9.18 Å². The van der Waals surface area contributed by atoms with Crippen molar-refractivity contribution in [1.29, 1.82) is 0 Å². The Hall–Kier alpha value is -1.16. The van der Waals surface area contributed by atoms with Gasteiger partial charge in [-0.2, -0.15) is 0 Å². The lowest BCUT2D eigenvalue weighted by molar-refractivity contribution is 0.0905. The Morgan fingerprint density at radius 3 is 2.82 bits per heavy atom. The van der Waals surface area contributed by atoms with Gasteiger partial charge >= 0.3 is 0 Å². The van der Waals surface area contributed by atoms with Crippen LogP contribution in [0, 0.1) is 5.82 Å². The van der Waals surface area contributed by atoms with Gasteiger partial charge in [0.15, 0.2) is 5.82 Å². The summed E-state index contributed by atoms with van der Waals surface area (Å²) in [5.74, 6) is -0.647. The van der Waals surface area contributed by atoms with Crippen molar-refractivity contribution in [2.45, 2.75) is 31.2 Å². The van der Waals surface area contributed by atoms with Crippen molar-refractivity contribution in [3.8, 4) is 0 Å². The van der Waals surface area contributed by atoms with E-state index in [0.29, 0.717) is 5.88 Å². The SMILES string of the molecule is O=C(NC1(CCl)CCCC1)c1ccncc1F. The lowest BCUT2D eigenvalue weighted by atomic mass is 10.00. The van der Waals surface area contributed by atoms with Crippen LogP contribution in [0.3, 0.4) is 0 Å². The number of rotatable bonds is 3. The minimum atomic E-state index is -0.604. The molecule has 0 aromatic carbocycles. The molecule has 92 valence electrons. The average Bonchev–Trinajstić information content (AvgIpc) is 2.79. The van der Waals surface area contributed by atoms with E-state index in [1.807, 2.05) is 0 Å². The second-order valence-electron chi connectivity index (χ2n) is 4.43. The van der Waals surface area contributed by atoms with E-state index in [1.54, 1.807) is 0 Å². The molecule has 1 aromatic rings. The molecule has 1 aliphatic rings. The molecule has 0 saturated heterocycles. The quantitative estimate of drug-likeness (QED) is 0.845. The summed E-state index contributed by atoms with van der Waals surface area (Å²) < 4.78 is 13.4. The Bertz CT molecular complexity index is 419. The molecule has 1 amide bonds. The van der Waals surface area contributed by atoms with Gasteiger partial charge in [-0.3, -0.25) is 9.78 Å². The molecule has 17 heavy (non-hydrogen) atoms. The Morgan fingerprint density at radius 2 is 2.24 bits per heavy atom. The third kappa shape index (κ3) is 2.57. The molecular weight excluding hydrogens is 243 g/mol. The predicted octanol–water partition coefficient (Wildman–Crippen LogP) is 2.50. The standard InChI is InChI=1S/C12H14ClFN2O/c13-8-12(4-1-2-5-12)16-11(17)9-3-6-15-7-10(9)14/h3,6-7H,1-2,4-5,8H2,(H,16,17). The van der Waals surface area contributed by atoms with Crippen molar-refractivity contribution in [2.24, 2.45) is 0 Å². The molecule has 0 radical (unpaired) electrons. The topological polar surface area (TPSA) is 42.0 Å². The van der Waals surface area contributed by atoms with Gasteiger partial charge < -0.3 is 5.32 Å². The van der Waals surface area contributed by atoms with Gasteiger partial charge in [-0.25, -0.2) is 4.39 Å². The van der Waals surface area contributed by atoms with Crippen LogP contribution in [0.4, 0.5) is 4.39 Å². The van der Waals surface area contributed by atoms with E-state index < -0.39 is 11.7 Å². The largest absolute Gasteiger partial charge is 0.345 e. The van der Waals surface area contributed by atoms with Gasteiger partial charge in [-0.15, -0.1) is 11.6 Å². The zero-order valence-corrected chi connectivity index (χ0v) is 10.1. The number of hydrogen-bond donors (Lipinski definition) is 1. The zero-order valence-electron chi connectivity index (χ0n) is 9.38. The molecule has 1 N–H and O–H groups in total. The fraction of sp³-hybridized carbons (Fsp3) is 0.500. The fourth-order valence-electron chi connectivity index (χ4n) is 2.21. The maximum atomic E-state index is 13.4. The summed E-state index contributed by atoms with van der Waals surface area (Å²) in [4.78, 5) is 15.6. The Labute approximate surface area is 104 Å². The lowest BCUT2D eigenvalue weighted by Crippen LogP contribution is -2.48. The average molecular weight is 257 g/mol. The maximum absolute atomic E-state index is 13.4. The van der Waals surface area contributed by atoms with Crippen molar-refractivity contribution in [3.05, 3.63) is 29.8 Å². The van der Waals surface area contributed by atoms with Crippen LogP contribution in [0.1, 0.15) is 36.0 Å². The number of halogens is 2. The van der Waals surface area contributed by atoms with E-state index >= 15 is 0 Å². The van der Waals surface area contributed by atoms with Gasteiger partial charge in [0.2, 0.25) is 0 Å². The molecule has 0 aliphatic heterocycles. The number of alkyl halides is 1. The molecule has 1 aromatic heterocycles. The lowest BCUT2D eigenvalue weighted by Gasteiger charge is -2.27. The van der Waals surface area contributed by atoms with Crippen molar-refractivity contribution in [3.63, 3.8) is 0 Å². The van der Waals surface area contributed by atoms with Crippen molar-refractivity contribution < 1.29 is 9.18 Å². The van der Waals surface area contributed by atoms with E-state index in [2.05, 4.69) is 10.3 Å². The first-order valence-electron chi connectivity index (χ1n) is 5.65. The molecule has 3 nitrogen and oxygen atoms in total. The van der Waals surface area contributed by atoms with Gasteiger partial charge in [0.1, 0.15) is 0 Å². The number of pyridine rings is 1. The van der Waals surface area contributed by atoms with Crippen molar-refractivity contribution in [2.75, 3.05) is 5.88 Å². The number of amides is 1. The minimum Gasteiger partial charge on any atom is -0.345 e. The Kier molecular flexibility index (Phi) is 3.62. The van der Waals surface area contributed by atoms with E-state index in [4.69, 9.17) is 11.6 Å². The summed E-state index contributed by atoms with van der Waals surface area (Å²) in [5, 5.41) is 2.86. The number of carbonyl (C=O) groups excluding carboxylic acids is 1. The Morgan fingerprint density at radius 1 is 1.53 bits per heavy atom. The van der Waals surface area contributed by atoms with Crippen molar-refractivity contribution in [1.82, 2.24) is 10.3 Å². The van der Waals surface area contributed by atoms with Crippen LogP contribution in [0.2, 0.25) is 0 Å². The number of nitrogens with zero attached hydrogens (tertiary/aromatic N) is 1. The van der Waals surface area contributed by atoms with Crippen LogP contribution in [-0.4, -0.2) is 22.3 Å². The van der Waals surface area contributed by atoms with E-state index in [0.717, 1.165) is 31.9 Å². The molecule has 1 saturated carbocycles. The second kappa shape index (κ2) is 5.00. The summed E-state index contributed by atoms with van der Waals surface area (Å²) >= 11 is 5.92. The molecule has 2 rings (SSSR count). The second-order valence-corrected chi connectivity index (χ2v) is 4.70. The molecule has 1 aliphatic carbocycles. The Balaban J connectivity index is 2.14. The predicted molar refractivity (Wildman–Crippen MR) is 63.6 cm³/mol. The third-order valence-corrected chi connectivity index (χ3v) is 3.72. The summed E-state index contributed by atoms with van der Waals surface area (Å²) in [7, 11) is 0. The highest BCUT2D eigenvalue weighted by Gasteiger charge is 2.35. The van der Waals surface area contributed by atoms with Gasteiger partial charge in [0, 0.05) is 12.1 Å². The molecule has 0 unspecified atom stereocenters. The van der Waals surface area contributed by atoms with E-state index in [-0.39, 0.29) is 11.1 Å². The van der Waals surface area contributed by atoms with Crippen LogP contribution >= 0.6 is 11.6 Å². The van der Waals surface area contributed by atoms with Crippen LogP contribution in [0.25, 0.3) is 0 Å². The van der Waals surface area contributed by atoms with Crippen LogP contribution in [0.5, 0.6) is 0 Å². The van der Waals surface area contributed by atoms with Gasteiger partial charge in [0.05, 0.1) is 17.3 Å². The van der Waals surface area contributed by atoms with Crippen molar-refractivity contribution >= 4 is 17.5 Å². The van der Waals surface area contributed by atoms with Gasteiger partial charge in [0.25, 0.3) is 5.91 Å². The van der Waals surface area contributed by atoms with Crippen LogP contribution in [-0.2, 0) is 0 Å². The summed E-state index contributed by atoms with van der Waals surface area (Å²) in [6.45, 7) is 0. The fourth-order valence-corrected chi connectivity index (χ4v) is 2.55. The monoisotopic (exact) mass is 256 g/mol.